The number of morpholine rings is 1. The van der Waals surface area contributed by atoms with E-state index in [9.17, 15) is 9.65 Å². The molecule has 0 amide bonds. The monoisotopic (exact) mass is 448 g/mol. The minimum Gasteiger partial charge on any atom is -0.370 e. The number of halogens is 1. The fourth-order valence-corrected chi connectivity index (χ4v) is 4.67. The number of nitrogens with zero attached hydrogens (tertiary/aromatic N) is 8. The fourth-order valence-electron chi connectivity index (χ4n) is 4.67. The average molecular weight is 449 g/mol. The topological polar surface area (TPSA) is 96.0 Å². The molecule has 2 fully saturated rings. The summed E-state index contributed by atoms with van der Waals surface area (Å²) >= 11 is 0. The van der Waals surface area contributed by atoms with E-state index in [4.69, 9.17) is 4.74 Å². The summed E-state index contributed by atoms with van der Waals surface area (Å²) in [6.45, 7) is 7.06. The van der Waals surface area contributed by atoms with Crippen molar-refractivity contribution in [2.45, 2.75) is 25.5 Å². The zero-order valence-electron chi connectivity index (χ0n) is 18.4. The smallest absolute Gasteiger partial charge is 0.156 e. The predicted octanol–water partition coefficient (Wildman–Crippen LogP) is 1.68. The molecular formula is C23H25FN8O. The minimum atomic E-state index is -0.471. The third kappa shape index (κ3) is 4.48. The Labute approximate surface area is 191 Å². The number of nitriles is 1. The first kappa shape index (κ1) is 21.6. The summed E-state index contributed by atoms with van der Waals surface area (Å²) in [5, 5.41) is 20.4. The summed E-state index contributed by atoms with van der Waals surface area (Å²) in [6.07, 6.45) is 4.19. The lowest BCUT2D eigenvalue weighted by Gasteiger charge is -2.46. The van der Waals surface area contributed by atoms with E-state index in [1.165, 1.54) is 22.6 Å². The van der Waals surface area contributed by atoms with Gasteiger partial charge in [0.05, 0.1) is 18.3 Å². The van der Waals surface area contributed by atoms with Gasteiger partial charge in [-0.3, -0.25) is 4.90 Å². The molecule has 1 aromatic carbocycles. The molecule has 0 bridgehead atoms. The molecule has 9 nitrogen and oxygen atoms in total. The zero-order valence-corrected chi connectivity index (χ0v) is 18.4. The predicted molar refractivity (Wildman–Crippen MR) is 117 cm³/mol. The number of pyridine rings is 1. The van der Waals surface area contributed by atoms with Crippen LogP contribution in [0.5, 0.6) is 0 Å². The molecule has 0 radical (unpaired) electrons. The average Bonchev–Trinajstić information content (AvgIpc) is 3.38. The second-order valence-electron chi connectivity index (χ2n) is 8.55. The number of benzene rings is 1. The molecule has 0 N–H and O–H groups in total. The van der Waals surface area contributed by atoms with Crippen LogP contribution < -0.4 is 0 Å². The van der Waals surface area contributed by atoms with E-state index in [-0.39, 0.29) is 11.7 Å². The molecule has 33 heavy (non-hydrogen) atoms. The molecule has 0 spiro atoms. The molecule has 2 saturated heterocycles. The van der Waals surface area contributed by atoms with Gasteiger partial charge in [0.1, 0.15) is 18.2 Å². The van der Waals surface area contributed by atoms with Crippen LogP contribution in [0.1, 0.15) is 28.4 Å². The SMILES string of the molecule is Cc1c([C@@H]2CN3CCN(CCc4ccc(-n5cnnn5)nc4)C[C@H]3CO2)ccc(F)c1C#N. The highest BCUT2D eigenvalue weighted by Gasteiger charge is 2.34. The number of tetrazole rings is 1. The van der Waals surface area contributed by atoms with Crippen molar-refractivity contribution in [2.24, 2.45) is 0 Å². The molecular weight excluding hydrogens is 423 g/mol. The van der Waals surface area contributed by atoms with Crippen molar-refractivity contribution in [1.82, 2.24) is 35.0 Å². The largest absolute Gasteiger partial charge is 0.370 e. The van der Waals surface area contributed by atoms with Crippen molar-refractivity contribution in [3.63, 3.8) is 0 Å². The van der Waals surface area contributed by atoms with Gasteiger partial charge in [-0.05, 0) is 52.6 Å². The van der Waals surface area contributed by atoms with Gasteiger partial charge in [0, 0.05) is 45.0 Å². The first-order chi connectivity index (χ1) is 16.1. The first-order valence-corrected chi connectivity index (χ1v) is 11.1. The maximum atomic E-state index is 13.9. The lowest BCUT2D eigenvalue weighted by Crippen LogP contribution is -2.58. The van der Waals surface area contributed by atoms with E-state index in [2.05, 4.69) is 36.4 Å². The standard InChI is InChI=1S/C23H25FN8O/c1-16-19(3-4-21(24)20(16)10-25)22-13-31-9-8-30(12-18(31)14-33-22)7-6-17-2-5-23(26-11-17)32-15-27-28-29-32/h2-5,11,15,18,22H,6-9,12-14H2,1H3/t18-,22-/m0/s1. The number of fused-ring (bicyclic) bond motifs is 1. The summed E-state index contributed by atoms with van der Waals surface area (Å²) in [5.41, 5.74) is 2.88. The summed E-state index contributed by atoms with van der Waals surface area (Å²) < 4.78 is 21.6. The van der Waals surface area contributed by atoms with Crippen molar-refractivity contribution in [1.29, 1.82) is 5.26 Å². The van der Waals surface area contributed by atoms with E-state index in [1.54, 1.807) is 13.0 Å². The van der Waals surface area contributed by atoms with Gasteiger partial charge in [-0.15, -0.1) is 5.10 Å². The molecule has 4 heterocycles. The Bertz CT molecular complexity index is 1140. The lowest BCUT2D eigenvalue weighted by atomic mass is 9.96. The third-order valence-corrected chi connectivity index (χ3v) is 6.60. The van der Waals surface area contributed by atoms with Crippen LogP contribution in [0.3, 0.4) is 0 Å². The van der Waals surface area contributed by atoms with Gasteiger partial charge >= 0.3 is 0 Å². The van der Waals surface area contributed by atoms with Crippen LogP contribution in [0, 0.1) is 24.1 Å². The molecule has 5 rings (SSSR count). The van der Waals surface area contributed by atoms with E-state index in [1.807, 2.05) is 18.3 Å². The minimum absolute atomic E-state index is 0.114. The molecule has 2 aliphatic rings. The van der Waals surface area contributed by atoms with Crippen molar-refractivity contribution in [2.75, 3.05) is 39.3 Å². The second kappa shape index (κ2) is 9.31. The highest BCUT2D eigenvalue weighted by atomic mass is 19.1. The summed E-state index contributed by atoms with van der Waals surface area (Å²) in [6, 6.07) is 9.44. The normalized spacial score (nSPS) is 21.5. The highest BCUT2D eigenvalue weighted by Crippen LogP contribution is 2.30. The molecule has 2 aromatic heterocycles. The van der Waals surface area contributed by atoms with Crippen LogP contribution in [-0.2, 0) is 11.2 Å². The second-order valence-corrected chi connectivity index (χ2v) is 8.55. The number of rotatable bonds is 5. The van der Waals surface area contributed by atoms with E-state index >= 15 is 0 Å². The molecule has 0 unspecified atom stereocenters. The maximum absolute atomic E-state index is 13.9. The molecule has 0 aliphatic carbocycles. The Morgan fingerprint density at radius 1 is 1.21 bits per heavy atom. The van der Waals surface area contributed by atoms with Crippen molar-refractivity contribution in [3.8, 4) is 11.9 Å². The third-order valence-electron chi connectivity index (χ3n) is 6.60. The van der Waals surface area contributed by atoms with Crippen molar-refractivity contribution in [3.05, 3.63) is 64.9 Å². The Hall–Kier alpha value is -3.26. The first-order valence-electron chi connectivity index (χ1n) is 11.1. The van der Waals surface area contributed by atoms with Crippen LogP contribution in [0.2, 0.25) is 0 Å². The number of piperazine rings is 1. The molecule has 2 atom stereocenters. The molecule has 2 aliphatic heterocycles. The van der Waals surface area contributed by atoms with Gasteiger partial charge < -0.3 is 9.64 Å². The van der Waals surface area contributed by atoms with Crippen LogP contribution in [0.15, 0.2) is 36.8 Å². The summed E-state index contributed by atoms with van der Waals surface area (Å²) in [7, 11) is 0. The van der Waals surface area contributed by atoms with E-state index in [0.29, 0.717) is 24.0 Å². The number of hydrogen-bond acceptors (Lipinski definition) is 8. The Morgan fingerprint density at radius 2 is 2.12 bits per heavy atom. The number of hydrogen-bond donors (Lipinski definition) is 0. The molecule has 0 saturated carbocycles. The quantitative estimate of drug-likeness (QED) is 0.582. The van der Waals surface area contributed by atoms with Crippen LogP contribution >= 0.6 is 0 Å². The van der Waals surface area contributed by atoms with Crippen molar-refractivity contribution >= 4 is 0 Å². The fraction of sp³-hybridized carbons (Fsp3) is 0.435. The summed E-state index contributed by atoms with van der Waals surface area (Å²) in [5.74, 6) is 0.228. The van der Waals surface area contributed by atoms with Gasteiger partial charge in [0.25, 0.3) is 0 Å². The van der Waals surface area contributed by atoms with Gasteiger partial charge in [-0.25, -0.2) is 9.37 Å². The van der Waals surface area contributed by atoms with E-state index in [0.717, 1.165) is 44.7 Å². The highest BCUT2D eigenvalue weighted by molar-refractivity contribution is 5.44. The molecule has 10 heteroatoms. The van der Waals surface area contributed by atoms with Gasteiger partial charge in [-0.2, -0.15) is 9.94 Å². The molecule has 3 aromatic rings. The van der Waals surface area contributed by atoms with Crippen LogP contribution in [0.4, 0.5) is 4.39 Å². The lowest BCUT2D eigenvalue weighted by molar-refractivity contribution is -0.0903. The van der Waals surface area contributed by atoms with Crippen LogP contribution in [0.25, 0.3) is 5.82 Å². The van der Waals surface area contributed by atoms with Gasteiger partial charge in [-0.1, -0.05) is 12.1 Å². The van der Waals surface area contributed by atoms with Gasteiger partial charge in [0.15, 0.2) is 5.82 Å². The summed E-state index contributed by atoms with van der Waals surface area (Å²) in [4.78, 5) is 9.37. The van der Waals surface area contributed by atoms with Crippen LogP contribution in [-0.4, -0.2) is 80.4 Å². The zero-order chi connectivity index (χ0) is 22.8. The van der Waals surface area contributed by atoms with E-state index < -0.39 is 5.82 Å². The van der Waals surface area contributed by atoms with Crippen molar-refractivity contribution < 1.29 is 9.13 Å². The maximum Gasteiger partial charge on any atom is 0.156 e. The number of aromatic nitrogens is 5. The van der Waals surface area contributed by atoms with Gasteiger partial charge in [0.2, 0.25) is 0 Å². The Morgan fingerprint density at radius 3 is 2.88 bits per heavy atom. The Kier molecular flexibility index (Phi) is 6.09. The number of ether oxygens (including phenoxy) is 1. The molecule has 170 valence electrons. The Balaban J connectivity index is 1.15.